The van der Waals surface area contributed by atoms with Crippen LogP contribution in [0.1, 0.15) is 5.56 Å². The molecule has 5 nitrogen and oxygen atoms in total. The maximum atomic E-state index is 10.3. The fourth-order valence-electron chi connectivity index (χ4n) is 2.59. The van der Waals surface area contributed by atoms with E-state index in [-0.39, 0.29) is 6.10 Å². The molecular weight excluding hydrogens is 248 g/mol. The van der Waals surface area contributed by atoms with Gasteiger partial charge in [0.1, 0.15) is 24.4 Å². The Balaban J connectivity index is 1.66. The molecule has 2 saturated heterocycles. The van der Waals surface area contributed by atoms with E-state index in [1.807, 2.05) is 30.3 Å². The topological polar surface area (TPSA) is 57.2 Å². The molecule has 0 spiro atoms. The Hall–Kier alpha value is -0.980. The number of methoxy groups -OCH3 is 1. The number of aliphatic hydroxyl groups is 1. The molecule has 2 fully saturated rings. The van der Waals surface area contributed by atoms with Crippen LogP contribution in [0, 0.1) is 0 Å². The molecule has 2 aliphatic rings. The van der Waals surface area contributed by atoms with Crippen LogP contribution >= 0.6 is 0 Å². The summed E-state index contributed by atoms with van der Waals surface area (Å²) in [5.41, 5.74) is 1.05. The Labute approximate surface area is 112 Å². The highest BCUT2D eigenvalue weighted by Crippen LogP contribution is 2.31. The molecule has 5 atom stereocenters. The minimum Gasteiger partial charge on any atom is -0.387 e. The van der Waals surface area contributed by atoms with Gasteiger partial charge in [0, 0.05) is 7.11 Å². The number of aliphatic hydroxyl groups excluding tert-OH is 1. The smallest absolute Gasteiger partial charge is 0.187 e. The summed E-state index contributed by atoms with van der Waals surface area (Å²) in [4.78, 5) is 0. The monoisotopic (exact) mass is 266 g/mol. The molecule has 1 aromatic rings. The van der Waals surface area contributed by atoms with E-state index in [1.54, 1.807) is 7.11 Å². The lowest BCUT2D eigenvalue weighted by atomic mass is 10.0. The van der Waals surface area contributed by atoms with E-state index in [1.165, 1.54) is 0 Å². The van der Waals surface area contributed by atoms with Crippen molar-refractivity contribution in [3.8, 4) is 0 Å². The highest BCUT2D eigenvalue weighted by atomic mass is 16.8. The maximum Gasteiger partial charge on any atom is 0.187 e. The van der Waals surface area contributed by atoms with Gasteiger partial charge in [0.05, 0.1) is 13.2 Å². The zero-order chi connectivity index (χ0) is 13.2. The first kappa shape index (κ1) is 13.0. The first-order valence-corrected chi connectivity index (χ1v) is 6.43. The molecule has 2 bridgehead atoms. The first-order chi connectivity index (χ1) is 9.29. The fourth-order valence-corrected chi connectivity index (χ4v) is 2.59. The van der Waals surface area contributed by atoms with Gasteiger partial charge in [0.15, 0.2) is 6.29 Å². The van der Waals surface area contributed by atoms with Crippen LogP contribution in [-0.2, 0) is 25.6 Å². The molecule has 0 amide bonds. The van der Waals surface area contributed by atoms with Crippen LogP contribution in [0.2, 0.25) is 0 Å². The van der Waals surface area contributed by atoms with Gasteiger partial charge in [0.25, 0.3) is 0 Å². The molecule has 5 heteroatoms. The van der Waals surface area contributed by atoms with Crippen molar-refractivity contribution in [1.29, 1.82) is 0 Å². The summed E-state index contributed by atoms with van der Waals surface area (Å²) in [5.74, 6) is 0. The van der Waals surface area contributed by atoms with Crippen LogP contribution in [0.5, 0.6) is 0 Å². The molecule has 19 heavy (non-hydrogen) atoms. The standard InChI is InChI=1S/C14H18O5/c1-16-12-10-8-18-14(19-10)13(11(12)15)17-7-9-5-3-2-4-6-9/h2-6,10-15H,7-8H2,1H3/t10-,11-,12+,13+,14+/m0/s1. The number of benzene rings is 1. The van der Waals surface area contributed by atoms with Crippen LogP contribution in [0.25, 0.3) is 0 Å². The van der Waals surface area contributed by atoms with Gasteiger partial charge in [-0.05, 0) is 5.56 Å². The van der Waals surface area contributed by atoms with E-state index in [2.05, 4.69) is 0 Å². The quantitative estimate of drug-likeness (QED) is 0.869. The predicted molar refractivity (Wildman–Crippen MR) is 66.4 cm³/mol. The van der Waals surface area contributed by atoms with Crippen molar-refractivity contribution in [3.05, 3.63) is 35.9 Å². The fraction of sp³-hybridized carbons (Fsp3) is 0.571. The number of fused-ring (bicyclic) bond motifs is 2. The summed E-state index contributed by atoms with van der Waals surface area (Å²) in [7, 11) is 1.56. The Bertz CT molecular complexity index is 410. The summed E-state index contributed by atoms with van der Waals surface area (Å²) in [6, 6.07) is 9.80. The molecule has 0 aliphatic carbocycles. The number of hydrogen-bond acceptors (Lipinski definition) is 5. The molecule has 104 valence electrons. The highest BCUT2D eigenvalue weighted by Gasteiger charge is 2.51. The molecule has 1 aromatic carbocycles. The average Bonchev–Trinajstić information content (AvgIpc) is 2.86. The Kier molecular flexibility index (Phi) is 3.81. The van der Waals surface area contributed by atoms with Gasteiger partial charge in [-0.1, -0.05) is 30.3 Å². The molecule has 2 aliphatic heterocycles. The van der Waals surface area contributed by atoms with E-state index in [4.69, 9.17) is 18.9 Å². The summed E-state index contributed by atoms with van der Waals surface area (Å²) >= 11 is 0. The summed E-state index contributed by atoms with van der Waals surface area (Å²) < 4.78 is 22.2. The minimum absolute atomic E-state index is 0.207. The summed E-state index contributed by atoms with van der Waals surface area (Å²) in [6.45, 7) is 0.846. The number of ether oxygens (including phenoxy) is 4. The van der Waals surface area contributed by atoms with Crippen LogP contribution in [-0.4, -0.2) is 49.5 Å². The zero-order valence-corrected chi connectivity index (χ0v) is 10.8. The second-order valence-electron chi connectivity index (χ2n) is 4.83. The lowest BCUT2D eigenvalue weighted by Crippen LogP contribution is -2.55. The van der Waals surface area contributed by atoms with Gasteiger partial charge >= 0.3 is 0 Å². The van der Waals surface area contributed by atoms with Gasteiger partial charge in [-0.15, -0.1) is 0 Å². The molecule has 0 unspecified atom stereocenters. The molecular formula is C14H18O5. The van der Waals surface area contributed by atoms with E-state index in [0.717, 1.165) is 5.56 Å². The second-order valence-corrected chi connectivity index (χ2v) is 4.83. The maximum absolute atomic E-state index is 10.3. The van der Waals surface area contributed by atoms with Crippen LogP contribution in [0.3, 0.4) is 0 Å². The van der Waals surface area contributed by atoms with Gasteiger partial charge in [-0.2, -0.15) is 0 Å². The van der Waals surface area contributed by atoms with E-state index >= 15 is 0 Å². The van der Waals surface area contributed by atoms with Crippen molar-refractivity contribution in [1.82, 2.24) is 0 Å². The first-order valence-electron chi connectivity index (χ1n) is 6.43. The molecule has 2 heterocycles. The van der Waals surface area contributed by atoms with Crippen molar-refractivity contribution >= 4 is 0 Å². The van der Waals surface area contributed by atoms with Crippen molar-refractivity contribution in [2.75, 3.05) is 13.7 Å². The third kappa shape index (κ3) is 2.52. The lowest BCUT2D eigenvalue weighted by molar-refractivity contribution is -0.250. The van der Waals surface area contributed by atoms with E-state index < -0.39 is 24.6 Å². The lowest BCUT2D eigenvalue weighted by Gasteiger charge is -2.37. The van der Waals surface area contributed by atoms with Gasteiger partial charge in [-0.25, -0.2) is 0 Å². The Morgan fingerprint density at radius 3 is 2.79 bits per heavy atom. The SMILES string of the molecule is CO[C@H]1[C@H](O)[C@@H](OCc2ccccc2)[C@@H]2OC[C@@H]1O2. The van der Waals surface area contributed by atoms with Crippen molar-refractivity contribution in [2.45, 2.75) is 37.3 Å². The van der Waals surface area contributed by atoms with Crippen molar-refractivity contribution in [3.63, 3.8) is 0 Å². The van der Waals surface area contributed by atoms with Crippen molar-refractivity contribution < 1.29 is 24.1 Å². The predicted octanol–water partition coefficient (Wildman–Crippen LogP) is 0.703. The van der Waals surface area contributed by atoms with Crippen molar-refractivity contribution in [2.24, 2.45) is 0 Å². The van der Waals surface area contributed by atoms with Crippen LogP contribution in [0.4, 0.5) is 0 Å². The highest BCUT2D eigenvalue weighted by molar-refractivity contribution is 5.13. The number of rotatable bonds is 4. The second kappa shape index (κ2) is 5.56. The average molecular weight is 266 g/mol. The Morgan fingerprint density at radius 1 is 1.26 bits per heavy atom. The van der Waals surface area contributed by atoms with E-state index in [0.29, 0.717) is 13.2 Å². The molecule has 3 rings (SSSR count). The summed E-state index contributed by atoms with van der Waals surface area (Å²) in [5, 5.41) is 10.3. The summed E-state index contributed by atoms with van der Waals surface area (Å²) in [6.07, 6.45) is -2.37. The number of hydrogen-bond donors (Lipinski definition) is 1. The van der Waals surface area contributed by atoms with Gasteiger partial charge in [0.2, 0.25) is 0 Å². The third-order valence-electron chi connectivity index (χ3n) is 3.60. The molecule has 0 aromatic heterocycles. The zero-order valence-electron chi connectivity index (χ0n) is 10.8. The largest absolute Gasteiger partial charge is 0.387 e. The Morgan fingerprint density at radius 2 is 2.05 bits per heavy atom. The van der Waals surface area contributed by atoms with Crippen LogP contribution in [0.15, 0.2) is 30.3 Å². The van der Waals surface area contributed by atoms with Gasteiger partial charge in [-0.3, -0.25) is 0 Å². The molecule has 0 radical (unpaired) electrons. The molecule has 1 N–H and O–H groups in total. The van der Waals surface area contributed by atoms with E-state index in [9.17, 15) is 5.11 Å². The minimum atomic E-state index is -0.736. The van der Waals surface area contributed by atoms with Gasteiger partial charge < -0.3 is 24.1 Å². The third-order valence-corrected chi connectivity index (χ3v) is 3.60. The normalized spacial score (nSPS) is 37.5. The molecule has 0 saturated carbocycles. The van der Waals surface area contributed by atoms with Crippen LogP contribution < -0.4 is 0 Å².